The molecule has 0 aliphatic rings. The second kappa shape index (κ2) is 10.2. The summed E-state index contributed by atoms with van der Waals surface area (Å²) in [6.07, 6.45) is 3.06. The number of rotatable bonds is 9. The van der Waals surface area contributed by atoms with Gasteiger partial charge < -0.3 is 10.1 Å². The molecule has 9 nitrogen and oxygen atoms in total. The molecule has 0 aliphatic carbocycles. The minimum Gasteiger partial charge on any atom is -0.494 e. The Hall–Kier alpha value is -4.18. The van der Waals surface area contributed by atoms with Gasteiger partial charge in [0.2, 0.25) is 0 Å². The third-order valence-corrected chi connectivity index (χ3v) is 6.31. The van der Waals surface area contributed by atoms with Crippen molar-refractivity contribution in [1.82, 2.24) is 20.1 Å². The van der Waals surface area contributed by atoms with Gasteiger partial charge in [-0.15, -0.1) is 0 Å². The number of aromatic nitrogens is 3. The summed E-state index contributed by atoms with van der Waals surface area (Å²) in [5.41, 5.74) is 2.55. The number of hydrogen-bond donors (Lipinski definition) is 2. The molecule has 2 N–H and O–H groups in total. The highest BCUT2D eigenvalue weighted by atomic mass is 32.2. The highest BCUT2D eigenvalue weighted by Gasteiger charge is 2.15. The molecular weight excluding hydrogens is 454 g/mol. The lowest BCUT2D eigenvalue weighted by Crippen LogP contribution is -2.23. The Kier molecular flexibility index (Phi) is 6.88. The topological polar surface area (TPSA) is 115 Å². The number of carbonyl (C=O) groups is 1. The Balaban J connectivity index is 1.35. The fourth-order valence-corrected chi connectivity index (χ4v) is 4.24. The van der Waals surface area contributed by atoms with Crippen molar-refractivity contribution in [2.24, 2.45) is 0 Å². The quantitative estimate of drug-likeness (QED) is 0.382. The van der Waals surface area contributed by atoms with E-state index in [4.69, 9.17) is 4.74 Å². The maximum absolute atomic E-state index is 12.7. The average molecular weight is 478 g/mol. The van der Waals surface area contributed by atoms with E-state index in [1.165, 1.54) is 30.6 Å². The van der Waals surface area contributed by atoms with Crippen LogP contribution in [0.1, 0.15) is 22.8 Å². The van der Waals surface area contributed by atoms with Crippen molar-refractivity contribution in [1.29, 1.82) is 0 Å². The monoisotopic (exact) mass is 477 g/mol. The van der Waals surface area contributed by atoms with Crippen LogP contribution in [0.2, 0.25) is 0 Å². The molecule has 1 heterocycles. The fraction of sp³-hybridized carbons (Fsp3) is 0.125. The summed E-state index contributed by atoms with van der Waals surface area (Å²) in [6, 6.07) is 19.9. The first kappa shape index (κ1) is 23.0. The van der Waals surface area contributed by atoms with Gasteiger partial charge in [0.1, 0.15) is 18.4 Å². The van der Waals surface area contributed by atoms with E-state index >= 15 is 0 Å². The summed E-state index contributed by atoms with van der Waals surface area (Å²) in [7, 11) is -3.79. The minimum absolute atomic E-state index is 0.0571. The van der Waals surface area contributed by atoms with Crippen LogP contribution in [0.15, 0.2) is 90.3 Å². The van der Waals surface area contributed by atoms with E-state index in [2.05, 4.69) is 20.1 Å². The number of sulfonamides is 1. The lowest BCUT2D eigenvalue weighted by atomic mass is 10.2. The Morgan fingerprint density at radius 3 is 2.29 bits per heavy atom. The Morgan fingerprint density at radius 1 is 0.971 bits per heavy atom. The van der Waals surface area contributed by atoms with Gasteiger partial charge in [0.15, 0.2) is 0 Å². The molecule has 4 aromatic rings. The van der Waals surface area contributed by atoms with Crippen molar-refractivity contribution in [3.63, 3.8) is 0 Å². The normalized spacial score (nSPS) is 11.1. The van der Waals surface area contributed by atoms with Crippen molar-refractivity contribution in [3.8, 4) is 11.4 Å². The Bertz CT molecular complexity index is 1340. The van der Waals surface area contributed by atoms with Crippen LogP contribution >= 0.6 is 0 Å². The van der Waals surface area contributed by atoms with Crippen LogP contribution in [-0.4, -0.2) is 35.7 Å². The number of nitrogens with zero attached hydrogens (tertiary/aromatic N) is 3. The number of carbonyl (C=O) groups excluding carboxylic acids is 1. The van der Waals surface area contributed by atoms with Crippen molar-refractivity contribution >= 4 is 21.6 Å². The minimum atomic E-state index is -3.79. The Labute approximate surface area is 197 Å². The molecule has 0 bridgehead atoms. The van der Waals surface area contributed by atoms with Crippen LogP contribution in [0.5, 0.6) is 5.75 Å². The molecular formula is C24H23N5O4S. The van der Waals surface area contributed by atoms with Crippen molar-refractivity contribution in [3.05, 3.63) is 96.6 Å². The lowest BCUT2D eigenvalue weighted by Gasteiger charge is -2.10. The largest absolute Gasteiger partial charge is 0.494 e. The van der Waals surface area contributed by atoms with Gasteiger partial charge in [-0.2, -0.15) is 5.10 Å². The number of anilines is 1. The first-order chi connectivity index (χ1) is 16.4. The van der Waals surface area contributed by atoms with Crippen LogP contribution in [0.3, 0.4) is 0 Å². The van der Waals surface area contributed by atoms with E-state index in [0.717, 1.165) is 11.3 Å². The smallest absolute Gasteiger partial charge is 0.261 e. The van der Waals surface area contributed by atoms with Crippen LogP contribution in [0.4, 0.5) is 5.69 Å². The zero-order chi connectivity index (χ0) is 24.0. The molecule has 174 valence electrons. The number of amides is 1. The zero-order valence-electron chi connectivity index (χ0n) is 18.4. The summed E-state index contributed by atoms with van der Waals surface area (Å²) < 4.78 is 34.8. The van der Waals surface area contributed by atoms with Crippen molar-refractivity contribution < 1.29 is 17.9 Å². The van der Waals surface area contributed by atoms with Crippen LogP contribution in [-0.2, 0) is 16.6 Å². The van der Waals surface area contributed by atoms with Crippen LogP contribution < -0.4 is 14.8 Å². The van der Waals surface area contributed by atoms with E-state index < -0.39 is 10.0 Å². The van der Waals surface area contributed by atoms with Gasteiger partial charge in [0, 0.05) is 17.8 Å². The first-order valence-electron chi connectivity index (χ1n) is 10.5. The second-order valence-electron chi connectivity index (χ2n) is 7.28. The standard InChI is InChI=1S/C24H23N5O4S/c1-2-33-22-11-7-20(8-12-22)28-34(31,32)23-13-5-19(6-14-23)24(30)26-15-18-3-9-21(10-4-18)29-17-25-16-27-29/h3-14,16-17,28H,2,15H2,1H3,(H,26,30). The molecule has 3 aromatic carbocycles. The second-order valence-corrected chi connectivity index (χ2v) is 8.96. The molecule has 0 spiro atoms. The molecule has 10 heteroatoms. The predicted molar refractivity (Wildman–Crippen MR) is 127 cm³/mol. The molecule has 0 fully saturated rings. The molecule has 0 aliphatic heterocycles. The van der Waals surface area contributed by atoms with Crippen LogP contribution in [0.25, 0.3) is 5.69 Å². The van der Waals surface area contributed by atoms with Gasteiger partial charge >= 0.3 is 0 Å². The van der Waals surface area contributed by atoms with Crippen LogP contribution in [0, 0.1) is 0 Å². The molecule has 0 unspecified atom stereocenters. The van der Waals surface area contributed by atoms with Gasteiger partial charge in [0.25, 0.3) is 15.9 Å². The van der Waals surface area contributed by atoms with Crippen molar-refractivity contribution in [2.75, 3.05) is 11.3 Å². The number of ether oxygens (including phenoxy) is 1. The third-order valence-electron chi connectivity index (χ3n) is 4.92. The fourth-order valence-electron chi connectivity index (χ4n) is 3.18. The molecule has 1 amide bonds. The zero-order valence-corrected chi connectivity index (χ0v) is 19.2. The van der Waals surface area contributed by atoms with Gasteiger partial charge in [-0.3, -0.25) is 9.52 Å². The molecule has 4 rings (SSSR count). The van der Waals surface area contributed by atoms with Gasteiger partial charge in [0.05, 0.1) is 17.2 Å². The van der Waals surface area contributed by atoms with Gasteiger partial charge in [-0.05, 0) is 73.2 Å². The predicted octanol–water partition coefficient (Wildman–Crippen LogP) is 3.40. The summed E-state index contributed by atoms with van der Waals surface area (Å²) in [5.74, 6) is 0.357. The van der Waals surface area contributed by atoms with E-state index in [1.54, 1.807) is 35.3 Å². The highest BCUT2D eigenvalue weighted by Crippen LogP contribution is 2.20. The first-order valence-corrected chi connectivity index (χ1v) is 12.0. The Morgan fingerprint density at radius 2 is 1.68 bits per heavy atom. The van der Waals surface area contributed by atoms with Gasteiger partial charge in [-0.1, -0.05) is 12.1 Å². The summed E-state index contributed by atoms with van der Waals surface area (Å²) in [5, 5.41) is 6.90. The number of nitrogens with one attached hydrogen (secondary N) is 2. The van der Waals surface area contributed by atoms with E-state index in [-0.39, 0.29) is 10.8 Å². The number of benzene rings is 3. The molecule has 1 aromatic heterocycles. The molecule has 0 atom stereocenters. The molecule has 34 heavy (non-hydrogen) atoms. The average Bonchev–Trinajstić information content (AvgIpc) is 3.39. The SMILES string of the molecule is CCOc1ccc(NS(=O)(=O)c2ccc(C(=O)NCc3ccc(-n4cncn4)cc3)cc2)cc1. The molecule has 0 saturated heterocycles. The van der Waals surface area contributed by atoms with Crippen molar-refractivity contribution in [2.45, 2.75) is 18.4 Å². The molecule has 0 radical (unpaired) electrons. The van der Waals surface area contributed by atoms with E-state index in [1.807, 2.05) is 31.2 Å². The summed E-state index contributed by atoms with van der Waals surface area (Å²) in [6.45, 7) is 2.73. The van der Waals surface area contributed by atoms with Gasteiger partial charge in [-0.25, -0.2) is 18.1 Å². The van der Waals surface area contributed by atoms with E-state index in [9.17, 15) is 13.2 Å². The maximum atomic E-state index is 12.7. The highest BCUT2D eigenvalue weighted by molar-refractivity contribution is 7.92. The third kappa shape index (κ3) is 5.59. The lowest BCUT2D eigenvalue weighted by molar-refractivity contribution is 0.0951. The summed E-state index contributed by atoms with van der Waals surface area (Å²) in [4.78, 5) is 16.5. The number of hydrogen-bond acceptors (Lipinski definition) is 6. The van der Waals surface area contributed by atoms with E-state index in [0.29, 0.717) is 30.2 Å². The maximum Gasteiger partial charge on any atom is 0.261 e. The molecule has 0 saturated carbocycles. The summed E-state index contributed by atoms with van der Waals surface area (Å²) >= 11 is 0.